The van der Waals surface area contributed by atoms with Crippen LogP contribution in [0.15, 0.2) is 29.2 Å². The monoisotopic (exact) mass is 284 g/mol. The lowest BCUT2D eigenvalue weighted by molar-refractivity contribution is 0.437. The summed E-state index contributed by atoms with van der Waals surface area (Å²) in [6.07, 6.45) is 0.768. The van der Waals surface area contributed by atoms with Gasteiger partial charge >= 0.3 is 0 Å². The third-order valence-corrected chi connectivity index (χ3v) is 4.73. The largest absolute Gasteiger partial charge is 0.324 e. The van der Waals surface area contributed by atoms with Crippen LogP contribution in [0.25, 0.3) is 0 Å². The Bertz CT molecular complexity index is 510. The molecule has 0 heterocycles. The summed E-state index contributed by atoms with van der Waals surface area (Å²) < 4.78 is 27.4. The van der Waals surface area contributed by atoms with E-state index in [9.17, 15) is 8.42 Å². The maximum absolute atomic E-state index is 12.3. The molecule has 0 radical (unpaired) electrons. The molecule has 0 fully saturated rings. The van der Waals surface area contributed by atoms with E-state index in [0.717, 1.165) is 12.0 Å². The molecule has 4 nitrogen and oxygen atoms in total. The molecule has 108 valence electrons. The van der Waals surface area contributed by atoms with Crippen molar-refractivity contribution in [1.82, 2.24) is 4.72 Å². The average Bonchev–Trinajstić information content (AvgIpc) is 2.35. The smallest absolute Gasteiger partial charge is 0.240 e. The van der Waals surface area contributed by atoms with Gasteiger partial charge in [0.2, 0.25) is 10.0 Å². The van der Waals surface area contributed by atoms with Gasteiger partial charge in [-0.2, -0.15) is 0 Å². The van der Waals surface area contributed by atoms with Gasteiger partial charge in [0.1, 0.15) is 0 Å². The minimum absolute atomic E-state index is 0.0519. The summed E-state index contributed by atoms with van der Waals surface area (Å²) in [6, 6.07) is 6.57. The second-order valence-corrected chi connectivity index (χ2v) is 6.96. The molecule has 0 bridgehead atoms. The molecule has 1 rings (SSSR count). The predicted molar refractivity (Wildman–Crippen MR) is 78.3 cm³/mol. The van der Waals surface area contributed by atoms with Crippen LogP contribution in [0.2, 0.25) is 0 Å². The van der Waals surface area contributed by atoms with Crippen molar-refractivity contribution in [2.24, 2.45) is 11.7 Å². The van der Waals surface area contributed by atoms with Crippen molar-refractivity contribution in [3.05, 3.63) is 29.8 Å². The van der Waals surface area contributed by atoms with Gasteiger partial charge < -0.3 is 5.73 Å². The Balaban J connectivity index is 3.03. The van der Waals surface area contributed by atoms with Gasteiger partial charge in [-0.15, -0.1) is 0 Å². The summed E-state index contributed by atoms with van der Waals surface area (Å²) >= 11 is 0. The van der Waals surface area contributed by atoms with Crippen molar-refractivity contribution in [3.8, 4) is 0 Å². The molecule has 2 atom stereocenters. The summed E-state index contributed by atoms with van der Waals surface area (Å²) in [5, 5.41) is 0. The quantitative estimate of drug-likeness (QED) is 0.842. The van der Waals surface area contributed by atoms with E-state index in [1.54, 1.807) is 18.2 Å². The molecule has 0 saturated carbocycles. The fraction of sp³-hybridized carbons (Fsp3) is 0.571. The van der Waals surface area contributed by atoms with E-state index < -0.39 is 10.0 Å². The van der Waals surface area contributed by atoms with Gasteiger partial charge in [0, 0.05) is 12.1 Å². The zero-order valence-electron chi connectivity index (χ0n) is 12.1. The third kappa shape index (κ3) is 4.30. The maximum Gasteiger partial charge on any atom is 0.240 e. The summed E-state index contributed by atoms with van der Waals surface area (Å²) in [5.74, 6) is 0.261. The fourth-order valence-corrected chi connectivity index (χ4v) is 3.45. The van der Waals surface area contributed by atoms with Crippen LogP contribution in [0, 0.1) is 5.92 Å². The van der Waals surface area contributed by atoms with Crippen molar-refractivity contribution in [3.63, 3.8) is 0 Å². The second kappa shape index (κ2) is 6.50. The highest BCUT2D eigenvalue weighted by atomic mass is 32.2. The first kappa shape index (κ1) is 16.1. The van der Waals surface area contributed by atoms with E-state index in [1.165, 1.54) is 0 Å². The van der Waals surface area contributed by atoms with Crippen LogP contribution in [0.5, 0.6) is 0 Å². The molecule has 1 aromatic carbocycles. The Morgan fingerprint density at radius 1 is 1.26 bits per heavy atom. The summed E-state index contributed by atoms with van der Waals surface area (Å²) in [6.45, 7) is 7.83. The van der Waals surface area contributed by atoms with E-state index >= 15 is 0 Å². The van der Waals surface area contributed by atoms with E-state index in [-0.39, 0.29) is 22.9 Å². The van der Waals surface area contributed by atoms with Crippen LogP contribution in [-0.2, 0) is 10.0 Å². The van der Waals surface area contributed by atoms with Gasteiger partial charge in [-0.1, -0.05) is 32.9 Å². The first-order chi connectivity index (χ1) is 8.77. The highest BCUT2D eigenvalue weighted by Gasteiger charge is 2.21. The number of benzene rings is 1. The van der Waals surface area contributed by atoms with Gasteiger partial charge in [-0.25, -0.2) is 13.1 Å². The molecule has 0 amide bonds. The standard InChI is InChI=1S/C14H24N2O2S/c1-5-14(10(2)3)16-19(17,18)13-8-6-7-12(9-13)11(4)15/h6-11,14,16H,5,15H2,1-4H3. The van der Waals surface area contributed by atoms with Crippen molar-refractivity contribution in [2.45, 2.75) is 51.1 Å². The maximum atomic E-state index is 12.3. The lowest BCUT2D eigenvalue weighted by atomic mass is 10.0. The molecule has 0 aliphatic heterocycles. The zero-order valence-corrected chi connectivity index (χ0v) is 12.9. The highest BCUT2D eigenvalue weighted by molar-refractivity contribution is 7.89. The Kier molecular flexibility index (Phi) is 5.52. The lowest BCUT2D eigenvalue weighted by Gasteiger charge is -2.21. The molecule has 3 N–H and O–H groups in total. The van der Waals surface area contributed by atoms with Crippen LogP contribution >= 0.6 is 0 Å². The van der Waals surface area contributed by atoms with Crippen molar-refractivity contribution < 1.29 is 8.42 Å². The van der Waals surface area contributed by atoms with Crippen LogP contribution < -0.4 is 10.5 Å². The van der Waals surface area contributed by atoms with Crippen LogP contribution in [0.3, 0.4) is 0 Å². The number of nitrogens with two attached hydrogens (primary N) is 1. The Labute approximate surface area is 116 Å². The average molecular weight is 284 g/mol. The number of nitrogens with one attached hydrogen (secondary N) is 1. The minimum Gasteiger partial charge on any atom is -0.324 e. The number of hydrogen-bond donors (Lipinski definition) is 2. The van der Waals surface area contributed by atoms with Gasteiger partial charge in [0.15, 0.2) is 0 Å². The van der Waals surface area contributed by atoms with Crippen molar-refractivity contribution in [2.75, 3.05) is 0 Å². The molecule has 0 spiro atoms. The number of rotatable bonds is 6. The first-order valence-electron chi connectivity index (χ1n) is 6.65. The Morgan fingerprint density at radius 2 is 1.89 bits per heavy atom. The van der Waals surface area contributed by atoms with Crippen molar-refractivity contribution >= 4 is 10.0 Å². The minimum atomic E-state index is -3.48. The topological polar surface area (TPSA) is 72.2 Å². The van der Waals surface area contributed by atoms with E-state index in [4.69, 9.17) is 5.73 Å². The molecule has 0 aromatic heterocycles. The van der Waals surface area contributed by atoms with E-state index in [1.807, 2.05) is 33.8 Å². The summed E-state index contributed by atoms with van der Waals surface area (Å²) in [7, 11) is -3.48. The van der Waals surface area contributed by atoms with Crippen LogP contribution in [-0.4, -0.2) is 14.5 Å². The van der Waals surface area contributed by atoms with E-state index in [0.29, 0.717) is 0 Å². The third-order valence-electron chi connectivity index (χ3n) is 3.25. The molecular formula is C14H24N2O2S. The van der Waals surface area contributed by atoms with E-state index in [2.05, 4.69) is 4.72 Å². The van der Waals surface area contributed by atoms with Gasteiger partial charge in [0.05, 0.1) is 4.90 Å². The molecule has 0 aliphatic rings. The van der Waals surface area contributed by atoms with Gasteiger partial charge in [-0.3, -0.25) is 0 Å². The molecule has 5 heteroatoms. The fourth-order valence-electron chi connectivity index (χ4n) is 1.92. The lowest BCUT2D eigenvalue weighted by Crippen LogP contribution is -2.38. The molecular weight excluding hydrogens is 260 g/mol. The zero-order chi connectivity index (χ0) is 14.6. The van der Waals surface area contributed by atoms with Crippen molar-refractivity contribution in [1.29, 1.82) is 0 Å². The number of sulfonamides is 1. The SMILES string of the molecule is CCC(NS(=O)(=O)c1cccc(C(C)N)c1)C(C)C. The molecule has 0 saturated heterocycles. The van der Waals surface area contributed by atoms with Gasteiger partial charge in [0.25, 0.3) is 0 Å². The van der Waals surface area contributed by atoms with Crippen LogP contribution in [0.4, 0.5) is 0 Å². The Hall–Kier alpha value is -0.910. The molecule has 1 aromatic rings. The normalized spacial score (nSPS) is 15.5. The summed E-state index contributed by atoms with van der Waals surface area (Å²) in [4.78, 5) is 0.279. The molecule has 19 heavy (non-hydrogen) atoms. The van der Waals surface area contributed by atoms with Crippen LogP contribution in [0.1, 0.15) is 45.7 Å². The van der Waals surface area contributed by atoms with Gasteiger partial charge in [-0.05, 0) is 37.0 Å². The molecule has 0 aliphatic carbocycles. The number of hydrogen-bond acceptors (Lipinski definition) is 3. The predicted octanol–water partition coefficient (Wildman–Crippen LogP) is 2.42. The first-order valence-corrected chi connectivity index (χ1v) is 8.14. The molecule has 2 unspecified atom stereocenters. The highest BCUT2D eigenvalue weighted by Crippen LogP contribution is 2.17. The summed E-state index contributed by atoms with van der Waals surface area (Å²) in [5.41, 5.74) is 6.61. The second-order valence-electron chi connectivity index (χ2n) is 5.24. The Morgan fingerprint density at radius 3 is 2.37 bits per heavy atom.